The highest BCUT2D eigenvalue weighted by atomic mass is 32.1. The fourth-order valence-electron chi connectivity index (χ4n) is 5.26. The topological polar surface area (TPSA) is 68.8 Å². The first-order valence-corrected chi connectivity index (χ1v) is 13.3. The Kier molecular flexibility index (Phi) is 8.02. The fraction of sp³-hybridized carbons (Fsp3) is 0.741. The summed E-state index contributed by atoms with van der Waals surface area (Å²) in [4.78, 5) is 29.0. The van der Waals surface area contributed by atoms with Gasteiger partial charge in [0.2, 0.25) is 0 Å². The van der Waals surface area contributed by atoms with Gasteiger partial charge in [-0.2, -0.15) is 0 Å². The van der Waals surface area contributed by atoms with Crippen molar-refractivity contribution >= 4 is 29.0 Å². The number of aromatic nitrogens is 1. The second-order valence-electron chi connectivity index (χ2n) is 10.8. The highest BCUT2D eigenvalue weighted by molar-refractivity contribution is 7.09. The number of nitrogens with zero attached hydrogens (tertiary/aromatic N) is 1. The summed E-state index contributed by atoms with van der Waals surface area (Å²) in [6.45, 7) is 15.1. The van der Waals surface area contributed by atoms with Gasteiger partial charge in [0.05, 0.1) is 34.9 Å². The largest absolute Gasteiger partial charge is 0.367 e. The van der Waals surface area contributed by atoms with Crippen molar-refractivity contribution < 1.29 is 19.1 Å². The lowest BCUT2D eigenvalue weighted by molar-refractivity contribution is -0.141. The van der Waals surface area contributed by atoms with Crippen molar-refractivity contribution in [1.82, 2.24) is 4.98 Å². The van der Waals surface area contributed by atoms with Gasteiger partial charge in [0.1, 0.15) is 17.2 Å². The smallest absolute Gasteiger partial charge is 0.140 e. The van der Waals surface area contributed by atoms with Crippen molar-refractivity contribution in [2.75, 3.05) is 0 Å². The summed E-state index contributed by atoms with van der Waals surface area (Å²) in [7, 11) is 0. The summed E-state index contributed by atoms with van der Waals surface area (Å²) < 4.78 is 13.2. The van der Waals surface area contributed by atoms with Crippen LogP contribution in [0.2, 0.25) is 0 Å². The Hall–Kier alpha value is -1.37. The molecule has 4 atom stereocenters. The van der Waals surface area contributed by atoms with Gasteiger partial charge in [-0.15, -0.1) is 11.3 Å². The van der Waals surface area contributed by atoms with Gasteiger partial charge in [-0.05, 0) is 72.0 Å². The molecule has 0 spiro atoms. The van der Waals surface area contributed by atoms with Crippen LogP contribution < -0.4 is 0 Å². The number of fused-ring (bicyclic) bond motifs is 1. The highest BCUT2D eigenvalue weighted by Crippen LogP contribution is 2.59. The lowest BCUT2D eigenvalue weighted by Gasteiger charge is -2.49. The Morgan fingerprint density at radius 2 is 1.73 bits per heavy atom. The summed E-state index contributed by atoms with van der Waals surface area (Å²) in [5, 5.41) is 3.13. The van der Waals surface area contributed by atoms with Gasteiger partial charge in [0, 0.05) is 23.6 Å². The van der Waals surface area contributed by atoms with Crippen LogP contribution in [0, 0.1) is 12.3 Å². The van der Waals surface area contributed by atoms with Crippen molar-refractivity contribution in [2.45, 2.75) is 123 Å². The van der Waals surface area contributed by atoms with E-state index in [0.29, 0.717) is 12.8 Å². The summed E-state index contributed by atoms with van der Waals surface area (Å²) >= 11 is 1.65. The molecule has 2 aliphatic rings. The molecule has 4 unspecified atom stereocenters. The minimum atomic E-state index is -0.573. The van der Waals surface area contributed by atoms with E-state index in [1.165, 1.54) is 0 Å². The molecule has 0 N–H and O–H groups in total. The van der Waals surface area contributed by atoms with Crippen LogP contribution in [-0.2, 0) is 19.1 Å². The molecular formula is C27H41NO4S. The van der Waals surface area contributed by atoms with Crippen LogP contribution in [0.15, 0.2) is 11.0 Å². The molecule has 3 heterocycles. The number of hydrogen-bond acceptors (Lipinski definition) is 6. The average Bonchev–Trinajstić information content (AvgIpc) is 3.22. The molecule has 0 aromatic carbocycles. The standard InChI is InChI=1S/C27H41NO4S/c1-18(15-21-17-33-20(3)28-21)26(6)25(4,5)27(7)24(32-27)14-10-13-23(30)16-22(29)12-9-8-11-19(2)31-26/h15,17,19,24H,8-14,16H2,1-7H3. The number of hydrogen-bond donors (Lipinski definition) is 0. The van der Waals surface area contributed by atoms with Crippen LogP contribution in [0.5, 0.6) is 0 Å². The minimum Gasteiger partial charge on any atom is -0.367 e. The number of ether oxygens (including phenoxy) is 2. The molecule has 0 saturated carbocycles. The third-order valence-corrected chi connectivity index (χ3v) is 8.99. The number of thiazole rings is 1. The third kappa shape index (κ3) is 5.66. The zero-order valence-corrected chi connectivity index (χ0v) is 22.3. The van der Waals surface area contributed by atoms with E-state index in [1.54, 1.807) is 11.3 Å². The number of carbonyl (C=O) groups excluding carboxylic acids is 2. The Morgan fingerprint density at radius 1 is 1.06 bits per heavy atom. The van der Waals surface area contributed by atoms with Crippen LogP contribution in [0.3, 0.4) is 0 Å². The van der Waals surface area contributed by atoms with Crippen LogP contribution >= 0.6 is 11.3 Å². The van der Waals surface area contributed by atoms with Crippen LogP contribution in [0.4, 0.5) is 0 Å². The van der Waals surface area contributed by atoms with E-state index in [1.807, 2.05) is 6.92 Å². The summed E-state index contributed by atoms with van der Waals surface area (Å²) in [6.07, 6.45) is 7.42. The first-order valence-electron chi connectivity index (χ1n) is 12.4. The van der Waals surface area contributed by atoms with Gasteiger partial charge in [-0.1, -0.05) is 20.3 Å². The van der Waals surface area contributed by atoms with Crippen molar-refractivity contribution in [1.29, 1.82) is 0 Å². The lowest BCUT2D eigenvalue weighted by Crippen LogP contribution is -2.55. The molecule has 0 radical (unpaired) electrons. The van der Waals surface area contributed by atoms with Gasteiger partial charge < -0.3 is 9.47 Å². The van der Waals surface area contributed by atoms with Crippen molar-refractivity contribution in [3.05, 3.63) is 21.7 Å². The molecule has 0 aliphatic carbocycles. The molecule has 0 bridgehead atoms. The zero-order chi connectivity index (χ0) is 24.4. The first-order chi connectivity index (χ1) is 15.4. The third-order valence-electron chi connectivity index (χ3n) is 8.20. The Labute approximate surface area is 203 Å². The van der Waals surface area contributed by atoms with Crippen molar-refractivity contribution in [2.24, 2.45) is 5.41 Å². The maximum atomic E-state index is 12.2. The van der Waals surface area contributed by atoms with Gasteiger partial charge in [0.25, 0.3) is 0 Å². The maximum absolute atomic E-state index is 12.2. The molecule has 3 rings (SSSR count). The van der Waals surface area contributed by atoms with Crippen LogP contribution in [-0.4, -0.2) is 40.0 Å². The van der Waals surface area contributed by atoms with Crippen molar-refractivity contribution in [3.63, 3.8) is 0 Å². The molecule has 0 amide bonds. The SMILES string of the molecule is CC(=Cc1csc(C)n1)C1(C)OC(C)CCCCC(=O)CC(=O)CCCC2OC2(C)C1(C)C. The highest BCUT2D eigenvalue weighted by Gasteiger charge is 2.67. The van der Waals surface area contributed by atoms with E-state index < -0.39 is 5.60 Å². The zero-order valence-electron chi connectivity index (χ0n) is 21.5. The van der Waals surface area contributed by atoms with E-state index in [0.717, 1.165) is 48.4 Å². The monoisotopic (exact) mass is 475 g/mol. The number of Topliss-reactive ketones (excluding diaryl/α,β-unsaturated/α-hetero) is 2. The predicted molar refractivity (Wildman–Crippen MR) is 133 cm³/mol. The van der Waals surface area contributed by atoms with E-state index in [-0.39, 0.29) is 41.2 Å². The molecule has 1 aromatic heterocycles. The second-order valence-corrected chi connectivity index (χ2v) is 11.9. The summed E-state index contributed by atoms with van der Waals surface area (Å²) in [5.74, 6) is 0.129. The molecule has 184 valence electrons. The van der Waals surface area contributed by atoms with E-state index in [9.17, 15) is 9.59 Å². The van der Waals surface area contributed by atoms with E-state index in [4.69, 9.17) is 9.47 Å². The average molecular weight is 476 g/mol. The number of ketones is 2. The molecule has 1 aromatic rings. The van der Waals surface area contributed by atoms with E-state index in [2.05, 4.69) is 58.0 Å². The summed E-state index contributed by atoms with van der Waals surface area (Å²) in [5.41, 5.74) is 0.847. The van der Waals surface area contributed by atoms with Gasteiger partial charge in [-0.25, -0.2) is 4.98 Å². The lowest BCUT2D eigenvalue weighted by atomic mass is 9.63. The van der Waals surface area contributed by atoms with Crippen LogP contribution in [0.25, 0.3) is 6.08 Å². The molecule has 2 fully saturated rings. The fourth-order valence-corrected chi connectivity index (χ4v) is 5.83. The molecule has 33 heavy (non-hydrogen) atoms. The first kappa shape index (κ1) is 26.2. The quantitative estimate of drug-likeness (QED) is 0.362. The number of rotatable bonds is 2. The molecule has 6 heteroatoms. The molecule has 2 aliphatic heterocycles. The van der Waals surface area contributed by atoms with E-state index >= 15 is 0 Å². The van der Waals surface area contributed by atoms with Crippen molar-refractivity contribution in [3.8, 4) is 0 Å². The second kappa shape index (κ2) is 10.1. The van der Waals surface area contributed by atoms with Gasteiger partial charge in [-0.3, -0.25) is 9.59 Å². The summed E-state index contributed by atoms with van der Waals surface area (Å²) in [6, 6.07) is 0. The Morgan fingerprint density at radius 3 is 2.36 bits per heavy atom. The Bertz CT molecular complexity index is 904. The van der Waals surface area contributed by atoms with Crippen LogP contribution in [0.1, 0.15) is 104 Å². The number of carbonyl (C=O) groups is 2. The molecular weight excluding hydrogens is 434 g/mol. The molecule has 5 nitrogen and oxygen atoms in total. The number of epoxide rings is 1. The maximum Gasteiger partial charge on any atom is 0.140 e. The van der Waals surface area contributed by atoms with Gasteiger partial charge >= 0.3 is 0 Å². The normalized spacial score (nSPS) is 34.7. The number of aryl methyl sites for hydroxylation is 1. The molecule has 2 saturated heterocycles. The predicted octanol–water partition coefficient (Wildman–Crippen LogP) is 6.47. The Balaban J connectivity index is 1.91. The van der Waals surface area contributed by atoms with Gasteiger partial charge in [0.15, 0.2) is 0 Å². The minimum absolute atomic E-state index is 0.0280.